The molecule has 0 amide bonds. The third-order valence-corrected chi connectivity index (χ3v) is 8.19. The van der Waals surface area contributed by atoms with Crippen molar-refractivity contribution in [2.24, 2.45) is 11.8 Å². The molecule has 0 bridgehead atoms. The third kappa shape index (κ3) is 3.00. The highest BCUT2D eigenvalue weighted by Gasteiger charge is 2.51. The number of aliphatic carboxylic acids is 1. The van der Waals surface area contributed by atoms with Crippen LogP contribution in [0.3, 0.4) is 0 Å². The van der Waals surface area contributed by atoms with Crippen molar-refractivity contribution in [2.75, 3.05) is 14.2 Å². The van der Waals surface area contributed by atoms with E-state index in [1.807, 2.05) is 18.4 Å². The SMILES string of the molecule is COC(=O)[C@@H]1CC=CC2=C3C(=Cn4c(cc5c(OC)ccc(C6CCCCC6)c54)C21)C3C(=O)O. The fourth-order valence-corrected chi connectivity index (χ4v) is 6.58. The minimum absolute atomic E-state index is 0.262. The summed E-state index contributed by atoms with van der Waals surface area (Å²) in [4.78, 5) is 25.0. The van der Waals surface area contributed by atoms with Crippen LogP contribution in [0, 0.1) is 11.8 Å². The van der Waals surface area contributed by atoms with Gasteiger partial charge in [0.2, 0.25) is 0 Å². The zero-order valence-corrected chi connectivity index (χ0v) is 19.5. The Morgan fingerprint density at radius 3 is 2.62 bits per heavy atom. The van der Waals surface area contributed by atoms with E-state index in [2.05, 4.69) is 22.8 Å². The number of carbonyl (C=O) groups excluding carboxylic acids is 1. The first-order valence-electron chi connectivity index (χ1n) is 12.2. The Balaban J connectivity index is 1.65. The van der Waals surface area contributed by atoms with Gasteiger partial charge in [-0.2, -0.15) is 0 Å². The van der Waals surface area contributed by atoms with Gasteiger partial charge in [0.25, 0.3) is 0 Å². The number of benzene rings is 1. The molecular formula is C28H29NO5. The monoisotopic (exact) mass is 459 g/mol. The maximum absolute atomic E-state index is 12.9. The van der Waals surface area contributed by atoms with Gasteiger partial charge in [0.05, 0.1) is 25.7 Å². The summed E-state index contributed by atoms with van der Waals surface area (Å²) in [6.45, 7) is 0. The summed E-state index contributed by atoms with van der Waals surface area (Å²) in [5.74, 6) is -1.12. The van der Waals surface area contributed by atoms with Crippen LogP contribution in [0.2, 0.25) is 0 Å². The Morgan fingerprint density at radius 2 is 1.91 bits per heavy atom. The number of hydrogen-bond acceptors (Lipinski definition) is 4. The number of methoxy groups -OCH3 is 2. The van der Waals surface area contributed by atoms with E-state index in [-0.39, 0.29) is 11.9 Å². The Kier molecular flexibility index (Phi) is 4.94. The van der Waals surface area contributed by atoms with Crippen LogP contribution in [0.25, 0.3) is 17.1 Å². The number of ether oxygens (including phenoxy) is 2. The number of esters is 1. The Morgan fingerprint density at radius 1 is 1.12 bits per heavy atom. The predicted molar refractivity (Wildman–Crippen MR) is 129 cm³/mol. The van der Waals surface area contributed by atoms with Crippen molar-refractivity contribution >= 4 is 29.0 Å². The molecular weight excluding hydrogens is 430 g/mol. The van der Waals surface area contributed by atoms with Crippen molar-refractivity contribution in [1.29, 1.82) is 0 Å². The molecule has 0 spiro atoms. The minimum atomic E-state index is -0.842. The van der Waals surface area contributed by atoms with Gasteiger partial charge in [0, 0.05) is 23.2 Å². The smallest absolute Gasteiger partial charge is 0.315 e. The second kappa shape index (κ2) is 7.90. The molecule has 4 aliphatic rings. The lowest BCUT2D eigenvalue weighted by molar-refractivity contribution is -0.146. The molecule has 1 aliphatic heterocycles. The molecule has 0 radical (unpaired) electrons. The highest BCUT2D eigenvalue weighted by molar-refractivity contribution is 5.98. The number of rotatable bonds is 4. The van der Waals surface area contributed by atoms with Gasteiger partial charge in [-0.15, -0.1) is 0 Å². The summed E-state index contributed by atoms with van der Waals surface area (Å²) in [5, 5.41) is 10.9. The van der Waals surface area contributed by atoms with E-state index < -0.39 is 17.8 Å². The zero-order chi connectivity index (χ0) is 23.6. The zero-order valence-electron chi connectivity index (χ0n) is 19.5. The fraction of sp³-hybridized carbons (Fsp3) is 0.429. The maximum Gasteiger partial charge on any atom is 0.315 e. The summed E-state index contributed by atoms with van der Waals surface area (Å²) in [6.07, 6.45) is 12.6. The first-order valence-corrected chi connectivity index (χ1v) is 12.2. The summed E-state index contributed by atoms with van der Waals surface area (Å²) >= 11 is 0. The molecule has 6 rings (SSSR count). The lowest BCUT2D eigenvalue weighted by Crippen LogP contribution is -2.27. The van der Waals surface area contributed by atoms with E-state index in [0.29, 0.717) is 12.3 Å². The molecule has 2 fully saturated rings. The number of aromatic nitrogens is 1. The summed E-state index contributed by atoms with van der Waals surface area (Å²) in [6, 6.07) is 6.39. The van der Waals surface area contributed by atoms with Crippen LogP contribution < -0.4 is 4.74 Å². The van der Waals surface area contributed by atoms with Crippen LogP contribution in [0.15, 0.2) is 47.1 Å². The highest BCUT2D eigenvalue weighted by Crippen LogP contribution is 2.57. The molecule has 34 heavy (non-hydrogen) atoms. The van der Waals surface area contributed by atoms with E-state index in [9.17, 15) is 14.7 Å². The maximum atomic E-state index is 12.9. The quantitative estimate of drug-likeness (QED) is 0.620. The van der Waals surface area contributed by atoms with Crippen LogP contribution >= 0.6 is 0 Å². The van der Waals surface area contributed by atoms with E-state index in [4.69, 9.17) is 9.47 Å². The van der Waals surface area contributed by atoms with Crippen LogP contribution in [0.4, 0.5) is 0 Å². The molecule has 0 saturated heterocycles. The summed E-state index contributed by atoms with van der Waals surface area (Å²) in [7, 11) is 3.10. The summed E-state index contributed by atoms with van der Waals surface area (Å²) in [5.41, 5.74) is 5.99. The van der Waals surface area contributed by atoms with E-state index >= 15 is 0 Å². The third-order valence-electron chi connectivity index (χ3n) is 8.19. The van der Waals surface area contributed by atoms with Crippen molar-refractivity contribution in [2.45, 2.75) is 50.4 Å². The highest BCUT2D eigenvalue weighted by atomic mass is 16.5. The lowest BCUT2D eigenvalue weighted by atomic mass is 9.77. The number of carboxylic acid groups (broad SMARTS) is 1. The topological polar surface area (TPSA) is 77.8 Å². The average molecular weight is 460 g/mol. The first kappa shape index (κ1) is 21.3. The molecule has 1 N–H and O–H groups in total. The van der Waals surface area contributed by atoms with Crippen LogP contribution in [0.5, 0.6) is 5.75 Å². The molecule has 1 aromatic carbocycles. The molecule has 6 nitrogen and oxygen atoms in total. The Hall–Kier alpha value is -3.28. The molecule has 3 atom stereocenters. The summed E-state index contributed by atoms with van der Waals surface area (Å²) < 4.78 is 13.1. The van der Waals surface area contributed by atoms with Crippen molar-refractivity contribution in [3.8, 4) is 5.75 Å². The Bertz CT molecular complexity index is 1300. The second-order valence-electron chi connectivity index (χ2n) is 9.86. The van der Waals surface area contributed by atoms with E-state index in [1.165, 1.54) is 31.9 Å². The van der Waals surface area contributed by atoms with Gasteiger partial charge >= 0.3 is 11.9 Å². The normalized spacial score (nSPS) is 25.7. The molecule has 2 saturated carbocycles. The minimum Gasteiger partial charge on any atom is -0.496 e. The van der Waals surface area contributed by atoms with Gasteiger partial charge in [-0.3, -0.25) is 9.59 Å². The second-order valence-corrected chi connectivity index (χ2v) is 9.86. The van der Waals surface area contributed by atoms with Gasteiger partial charge in [-0.1, -0.05) is 37.5 Å². The van der Waals surface area contributed by atoms with Crippen molar-refractivity contribution in [3.63, 3.8) is 0 Å². The van der Waals surface area contributed by atoms with Crippen molar-refractivity contribution in [3.05, 3.63) is 58.3 Å². The molecule has 1 aromatic heterocycles. The molecule has 2 heterocycles. The van der Waals surface area contributed by atoms with Gasteiger partial charge in [-0.25, -0.2) is 0 Å². The number of fused-ring (bicyclic) bond motifs is 6. The van der Waals surface area contributed by atoms with Crippen LogP contribution in [-0.2, 0) is 14.3 Å². The molecule has 2 aromatic rings. The number of carbonyl (C=O) groups is 2. The number of hydrogen-bond donors (Lipinski definition) is 1. The lowest BCUT2D eigenvalue weighted by Gasteiger charge is -2.29. The largest absolute Gasteiger partial charge is 0.496 e. The Labute approximate surface area is 198 Å². The molecule has 3 aliphatic carbocycles. The predicted octanol–water partition coefficient (Wildman–Crippen LogP) is 5.40. The number of allylic oxidation sites excluding steroid dienone is 3. The van der Waals surface area contributed by atoms with Gasteiger partial charge in [-0.05, 0) is 59.6 Å². The first-order chi connectivity index (χ1) is 16.5. The number of carboxylic acids is 1. The average Bonchev–Trinajstić information content (AvgIpc) is 3.50. The van der Waals surface area contributed by atoms with Crippen molar-refractivity contribution in [1.82, 2.24) is 4.57 Å². The van der Waals surface area contributed by atoms with Crippen LogP contribution in [0.1, 0.15) is 61.6 Å². The van der Waals surface area contributed by atoms with Crippen LogP contribution in [-0.4, -0.2) is 35.8 Å². The van der Waals surface area contributed by atoms with Gasteiger partial charge in [0.15, 0.2) is 0 Å². The molecule has 176 valence electrons. The van der Waals surface area contributed by atoms with Gasteiger partial charge in [0.1, 0.15) is 11.7 Å². The van der Waals surface area contributed by atoms with Gasteiger partial charge < -0.3 is 19.1 Å². The van der Waals surface area contributed by atoms with E-state index in [1.54, 1.807) is 7.11 Å². The molecule has 2 unspecified atom stereocenters. The standard InChI is InChI=1S/C28H29NO5/c1-33-22-12-11-16(15-7-4-3-5-8-15)26-19(22)13-21-23-17(9-6-10-18(23)28(32)34-2)24-20(14-29(21)26)25(24)27(30)31/h6,9,11-15,18,23,25H,3-5,7-8,10H2,1-2H3,(H,30,31)/t18-,23?,25?/m1/s1. The van der Waals surface area contributed by atoms with Crippen molar-refractivity contribution < 1.29 is 24.2 Å². The fourth-order valence-electron chi connectivity index (χ4n) is 6.58. The van der Waals surface area contributed by atoms with E-state index in [0.717, 1.165) is 51.9 Å². The number of nitrogens with zero attached hydrogens (tertiary/aromatic N) is 1. The molecule has 6 heteroatoms.